The van der Waals surface area contributed by atoms with Crippen LogP contribution >= 0.6 is 0 Å². The molecule has 0 aliphatic heterocycles. The van der Waals surface area contributed by atoms with Crippen molar-refractivity contribution in [3.05, 3.63) is 141 Å². The smallest absolute Gasteiger partial charge is 0.111 e. The molecular formula is C39H51FN2. The van der Waals surface area contributed by atoms with Crippen molar-refractivity contribution in [2.45, 2.75) is 80.3 Å². The zero-order valence-corrected chi connectivity index (χ0v) is 27.4. The van der Waals surface area contributed by atoms with Gasteiger partial charge in [0.05, 0.1) is 0 Å². The number of hydrogen-bond acceptors (Lipinski definition) is 2. The topological polar surface area (TPSA) is 38.0 Å². The molecule has 3 rings (SSSR count). The standard InChI is InChI=1S/C37H45FN2.C2H6/c1-9-15-27(4)36(39)32-18-13-14-19-34(32)37(7,29(6)38)35-28(5)22-25(2)23-31(35)21-20-26(3)33(24-40-8)30-16-11-10-12-17-30;1-2/h9-20,22-24,29,40H,21,39H2,1-8H3;1-2H3/b15-9-,26-20-,33-24+,36-27-;. The van der Waals surface area contributed by atoms with Gasteiger partial charge in [0.1, 0.15) is 6.17 Å². The first-order chi connectivity index (χ1) is 20.1. The van der Waals surface area contributed by atoms with Crippen LogP contribution in [0, 0.1) is 13.8 Å². The Morgan fingerprint density at radius 1 is 1.00 bits per heavy atom. The Balaban J connectivity index is 0.00000301. The van der Waals surface area contributed by atoms with Crippen LogP contribution < -0.4 is 11.1 Å². The molecule has 0 bridgehead atoms. The molecule has 0 amide bonds. The van der Waals surface area contributed by atoms with Crippen LogP contribution in [0.1, 0.15) is 87.4 Å². The second kappa shape index (κ2) is 16.0. The number of alkyl halides is 1. The van der Waals surface area contributed by atoms with Gasteiger partial charge >= 0.3 is 0 Å². The van der Waals surface area contributed by atoms with E-state index in [0.717, 1.165) is 50.1 Å². The fourth-order valence-corrected chi connectivity index (χ4v) is 5.79. The molecule has 42 heavy (non-hydrogen) atoms. The van der Waals surface area contributed by atoms with Gasteiger partial charge < -0.3 is 11.1 Å². The Morgan fingerprint density at radius 3 is 2.21 bits per heavy atom. The molecule has 0 aliphatic rings. The van der Waals surface area contributed by atoms with Crippen LogP contribution in [-0.4, -0.2) is 13.2 Å². The summed E-state index contributed by atoms with van der Waals surface area (Å²) in [5, 5.41) is 3.20. The van der Waals surface area contributed by atoms with E-state index < -0.39 is 11.6 Å². The molecule has 0 aliphatic carbocycles. The summed E-state index contributed by atoms with van der Waals surface area (Å²) in [6.45, 7) is 18.0. The van der Waals surface area contributed by atoms with Gasteiger partial charge in [0.25, 0.3) is 0 Å². The lowest BCUT2D eigenvalue weighted by Crippen LogP contribution is -2.36. The second-order valence-corrected chi connectivity index (χ2v) is 10.9. The van der Waals surface area contributed by atoms with Crippen molar-refractivity contribution < 1.29 is 4.39 Å². The number of allylic oxidation sites excluding steroid dienone is 6. The van der Waals surface area contributed by atoms with Gasteiger partial charge in [-0.25, -0.2) is 4.39 Å². The molecule has 2 nitrogen and oxygen atoms in total. The molecule has 224 valence electrons. The van der Waals surface area contributed by atoms with Gasteiger partial charge in [0.2, 0.25) is 0 Å². The highest BCUT2D eigenvalue weighted by atomic mass is 19.1. The van der Waals surface area contributed by atoms with E-state index in [-0.39, 0.29) is 0 Å². The Morgan fingerprint density at radius 2 is 1.62 bits per heavy atom. The lowest BCUT2D eigenvalue weighted by Gasteiger charge is -2.37. The summed E-state index contributed by atoms with van der Waals surface area (Å²) in [4.78, 5) is 0. The normalized spacial score (nSPS) is 14.9. The van der Waals surface area contributed by atoms with Crippen LogP contribution in [0.4, 0.5) is 4.39 Å². The molecular weight excluding hydrogens is 515 g/mol. The van der Waals surface area contributed by atoms with Crippen molar-refractivity contribution in [1.82, 2.24) is 5.32 Å². The van der Waals surface area contributed by atoms with E-state index in [1.807, 2.05) is 90.4 Å². The van der Waals surface area contributed by atoms with Gasteiger partial charge in [-0.1, -0.05) is 104 Å². The van der Waals surface area contributed by atoms with E-state index >= 15 is 4.39 Å². The Labute approximate surface area is 255 Å². The predicted molar refractivity (Wildman–Crippen MR) is 183 cm³/mol. The maximum Gasteiger partial charge on any atom is 0.111 e. The number of halogens is 1. The molecule has 2 unspecified atom stereocenters. The molecule has 0 saturated heterocycles. The van der Waals surface area contributed by atoms with Crippen molar-refractivity contribution in [2.75, 3.05) is 7.05 Å². The SMILES string of the molecule is C/C=C\C(C)=C(/N)c1ccccc1C(C)(c1c(C)cc(C)cc1C/C=C(C)\C(=C/NC)c1ccccc1)C(C)F.CC. The van der Waals surface area contributed by atoms with Gasteiger partial charge in [-0.15, -0.1) is 0 Å². The molecule has 3 aromatic rings. The maximum absolute atomic E-state index is 16.1. The van der Waals surface area contributed by atoms with Gasteiger partial charge in [-0.3, -0.25) is 0 Å². The molecule has 0 spiro atoms. The van der Waals surface area contributed by atoms with Gasteiger partial charge in [-0.2, -0.15) is 0 Å². The molecule has 2 atom stereocenters. The first kappa shape index (κ1) is 34.4. The van der Waals surface area contributed by atoms with E-state index in [0.29, 0.717) is 12.1 Å². The highest BCUT2D eigenvalue weighted by molar-refractivity contribution is 5.78. The highest BCUT2D eigenvalue weighted by Gasteiger charge is 2.40. The van der Waals surface area contributed by atoms with Crippen LogP contribution in [0.3, 0.4) is 0 Å². The van der Waals surface area contributed by atoms with E-state index in [4.69, 9.17) is 5.73 Å². The molecule has 3 N–H and O–H groups in total. The molecule has 3 aromatic carbocycles. The van der Waals surface area contributed by atoms with Crippen molar-refractivity contribution in [2.24, 2.45) is 5.73 Å². The van der Waals surface area contributed by atoms with Crippen molar-refractivity contribution in [3.63, 3.8) is 0 Å². The quantitative estimate of drug-likeness (QED) is 0.240. The molecule has 0 heterocycles. The number of hydrogen-bond donors (Lipinski definition) is 2. The van der Waals surface area contributed by atoms with Crippen LogP contribution in [0.25, 0.3) is 11.3 Å². The van der Waals surface area contributed by atoms with E-state index in [1.165, 1.54) is 5.56 Å². The van der Waals surface area contributed by atoms with E-state index in [9.17, 15) is 0 Å². The minimum atomic E-state index is -1.15. The minimum absolute atomic E-state index is 0.673. The van der Waals surface area contributed by atoms with E-state index in [1.54, 1.807) is 6.92 Å². The van der Waals surface area contributed by atoms with Gasteiger partial charge in [0.15, 0.2) is 0 Å². The monoisotopic (exact) mass is 566 g/mol. The first-order valence-electron chi connectivity index (χ1n) is 15.1. The fraction of sp³-hybridized carbons (Fsp3) is 0.333. The summed E-state index contributed by atoms with van der Waals surface area (Å²) < 4.78 is 16.1. The lowest BCUT2D eigenvalue weighted by molar-refractivity contribution is 0.253. The Kier molecular flexibility index (Phi) is 13.1. The summed E-state index contributed by atoms with van der Waals surface area (Å²) in [6.07, 6.45) is 7.80. The largest absolute Gasteiger partial charge is 0.398 e. The summed E-state index contributed by atoms with van der Waals surface area (Å²) in [5.74, 6) is 0. The Bertz CT molecular complexity index is 1440. The van der Waals surface area contributed by atoms with E-state index in [2.05, 4.69) is 68.6 Å². The number of benzene rings is 3. The first-order valence-corrected chi connectivity index (χ1v) is 15.1. The third-order valence-corrected chi connectivity index (χ3v) is 7.92. The number of nitrogens with one attached hydrogen (secondary N) is 1. The van der Waals surface area contributed by atoms with Crippen molar-refractivity contribution in [1.29, 1.82) is 0 Å². The zero-order chi connectivity index (χ0) is 31.4. The summed E-state index contributed by atoms with van der Waals surface area (Å²) >= 11 is 0. The minimum Gasteiger partial charge on any atom is -0.398 e. The molecule has 0 fully saturated rings. The van der Waals surface area contributed by atoms with Crippen molar-refractivity contribution in [3.8, 4) is 0 Å². The average molecular weight is 567 g/mol. The summed E-state index contributed by atoms with van der Waals surface area (Å²) in [5.41, 5.74) is 17.1. The maximum atomic E-state index is 16.1. The highest BCUT2D eigenvalue weighted by Crippen LogP contribution is 2.44. The van der Waals surface area contributed by atoms with Crippen molar-refractivity contribution >= 4 is 11.3 Å². The van der Waals surface area contributed by atoms with Crippen LogP contribution in [0.2, 0.25) is 0 Å². The summed E-state index contributed by atoms with van der Waals surface area (Å²) in [7, 11) is 1.92. The number of nitrogens with two attached hydrogens (primary N) is 1. The fourth-order valence-electron chi connectivity index (χ4n) is 5.79. The zero-order valence-electron chi connectivity index (χ0n) is 27.4. The predicted octanol–water partition coefficient (Wildman–Crippen LogP) is 10.0. The van der Waals surface area contributed by atoms with Crippen LogP contribution in [-0.2, 0) is 11.8 Å². The van der Waals surface area contributed by atoms with Gasteiger partial charge in [0, 0.05) is 29.9 Å². The molecule has 0 saturated carbocycles. The molecule has 3 heteroatoms. The Hall–Kier alpha value is -3.85. The third kappa shape index (κ3) is 7.70. The lowest BCUT2D eigenvalue weighted by atomic mass is 9.67. The average Bonchev–Trinajstić information content (AvgIpc) is 2.99. The molecule has 0 aromatic heterocycles. The van der Waals surface area contributed by atoms with Gasteiger partial charge in [-0.05, 0) is 99.4 Å². The van der Waals surface area contributed by atoms with Crippen LogP contribution in [0.5, 0.6) is 0 Å². The molecule has 0 radical (unpaired) electrons. The summed E-state index contributed by atoms with van der Waals surface area (Å²) in [6, 6.07) is 22.8. The third-order valence-electron chi connectivity index (χ3n) is 7.92. The number of aryl methyl sites for hydroxylation is 2. The second-order valence-electron chi connectivity index (χ2n) is 10.9. The van der Waals surface area contributed by atoms with Crippen LogP contribution in [0.15, 0.2) is 102 Å². The number of rotatable bonds is 10.